The highest BCUT2D eigenvalue weighted by Crippen LogP contribution is 2.60. The lowest BCUT2D eigenvalue weighted by atomic mass is 10.0. The Hall–Kier alpha value is -2.24. The maximum absolute atomic E-state index is 13.3. The average Bonchev–Trinajstić information content (AvgIpc) is 2.62. The summed E-state index contributed by atoms with van der Waals surface area (Å²) in [6, 6.07) is 5.04. The number of rotatable bonds is 9. The molecule has 0 saturated carbocycles. The molecule has 0 heterocycles. The van der Waals surface area contributed by atoms with Crippen LogP contribution in [0.3, 0.4) is 0 Å². The first-order valence-electron chi connectivity index (χ1n) is 8.98. The standard InChI is InChI=1S/C17H25N4O7PS/c1-5-27-29(24,28-6-2)17(3,4)20-16-11-8-7-9-14(30(19,25)26)15(11)13(21(22)23)10-12(16)18/h7-10,20H,5-6,18H2,1-4H3,(H2,19,25,26). The Kier molecular flexibility index (Phi) is 6.79. The summed E-state index contributed by atoms with van der Waals surface area (Å²) in [5.74, 6) is 0. The molecule has 0 spiro atoms. The van der Waals surface area contributed by atoms with Crippen LogP contribution in [0.5, 0.6) is 0 Å². The van der Waals surface area contributed by atoms with Crippen LogP contribution in [-0.2, 0) is 23.6 Å². The van der Waals surface area contributed by atoms with E-state index in [1.165, 1.54) is 18.2 Å². The van der Waals surface area contributed by atoms with Crippen LogP contribution in [0.4, 0.5) is 17.1 Å². The minimum Gasteiger partial charge on any atom is -0.397 e. The van der Waals surface area contributed by atoms with Crippen molar-refractivity contribution in [2.75, 3.05) is 24.3 Å². The maximum atomic E-state index is 13.3. The van der Waals surface area contributed by atoms with Crippen molar-refractivity contribution in [3.8, 4) is 0 Å². The first-order valence-corrected chi connectivity index (χ1v) is 12.1. The molecule has 2 aromatic carbocycles. The topological polar surface area (TPSA) is 177 Å². The molecule has 2 aromatic rings. The van der Waals surface area contributed by atoms with Gasteiger partial charge >= 0.3 is 7.60 Å². The number of nitro groups is 1. The van der Waals surface area contributed by atoms with Gasteiger partial charge in [-0.1, -0.05) is 12.1 Å². The van der Waals surface area contributed by atoms with Gasteiger partial charge in [-0.15, -0.1) is 0 Å². The predicted octanol–water partition coefficient (Wildman–Crippen LogP) is 3.39. The van der Waals surface area contributed by atoms with E-state index in [-0.39, 0.29) is 35.4 Å². The highest BCUT2D eigenvalue weighted by atomic mass is 32.2. The molecule has 0 aromatic heterocycles. The van der Waals surface area contributed by atoms with Crippen LogP contribution in [0.25, 0.3) is 10.8 Å². The summed E-state index contributed by atoms with van der Waals surface area (Å²) >= 11 is 0. The van der Waals surface area contributed by atoms with E-state index >= 15 is 0 Å². The number of nitrogens with two attached hydrogens (primary N) is 2. The van der Waals surface area contributed by atoms with E-state index in [1.807, 2.05) is 0 Å². The normalized spacial score (nSPS) is 12.8. The van der Waals surface area contributed by atoms with Crippen LogP contribution in [0.2, 0.25) is 0 Å². The van der Waals surface area contributed by atoms with Crippen LogP contribution in [0.1, 0.15) is 27.7 Å². The summed E-state index contributed by atoms with van der Waals surface area (Å²) in [4.78, 5) is 10.4. The number of fused-ring (bicyclic) bond motifs is 1. The summed E-state index contributed by atoms with van der Waals surface area (Å²) in [5, 5.41) is 18.4. The SMILES string of the molecule is CCOP(=O)(OCC)C(C)(C)Nc1c(N)cc([N+](=O)[O-])c2c(S(N)(=O)=O)cccc12. The van der Waals surface area contributed by atoms with Gasteiger partial charge in [0, 0.05) is 11.5 Å². The number of nitrogen functional groups attached to an aromatic ring is 1. The van der Waals surface area contributed by atoms with Gasteiger partial charge in [0.25, 0.3) is 5.69 Å². The number of anilines is 2. The van der Waals surface area contributed by atoms with E-state index in [1.54, 1.807) is 27.7 Å². The van der Waals surface area contributed by atoms with Crippen molar-refractivity contribution in [1.82, 2.24) is 0 Å². The molecule has 166 valence electrons. The van der Waals surface area contributed by atoms with E-state index in [4.69, 9.17) is 19.9 Å². The molecule has 2 rings (SSSR count). The Morgan fingerprint density at radius 2 is 1.80 bits per heavy atom. The van der Waals surface area contributed by atoms with Crippen molar-refractivity contribution in [3.63, 3.8) is 0 Å². The van der Waals surface area contributed by atoms with Crippen LogP contribution >= 0.6 is 7.60 Å². The quantitative estimate of drug-likeness (QED) is 0.219. The Morgan fingerprint density at radius 3 is 2.27 bits per heavy atom. The second kappa shape index (κ2) is 8.48. The molecular formula is C17H25N4O7PS. The predicted molar refractivity (Wildman–Crippen MR) is 115 cm³/mol. The van der Waals surface area contributed by atoms with Crippen LogP contribution < -0.4 is 16.2 Å². The number of sulfonamides is 1. The Morgan fingerprint density at radius 1 is 1.23 bits per heavy atom. The fourth-order valence-electron chi connectivity index (χ4n) is 3.05. The van der Waals surface area contributed by atoms with Crippen molar-refractivity contribution < 1.29 is 27.0 Å². The van der Waals surface area contributed by atoms with Gasteiger partial charge in [0.2, 0.25) is 10.0 Å². The number of hydrogen-bond donors (Lipinski definition) is 3. The van der Waals surface area contributed by atoms with Crippen molar-refractivity contribution in [2.24, 2.45) is 5.14 Å². The molecule has 5 N–H and O–H groups in total. The molecule has 0 unspecified atom stereocenters. The molecule has 0 fully saturated rings. The highest BCUT2D eigenvalue weighted by Gasteiger charge is 2.44. The van der Waals surface area contributed by atoms with Crippen LogP contribution in [-0.4, -0.2) is 31.8 Å². The zero-order valence-electron chi connectivity index (χ0n) is 17.0. The maximum Gasteiger partial charge on any atom is 0.355 e. The van der Waals surface area contributed by atoms with Crippen molar-refractivity contribution in [3.05, 3.63) is 34.4 Å². The van der Waals surface area contributed by atoms with E-state index < -0.39 is 38.4 Å². The van der Waals surface area contributed by atoms with Crippen LogP contribution in [0.15, 0.2) is 29.2 Å². The van der Waals surface area contributed by atoms with E-state index in [0.717, 1.165) is 6.07 Å². The fraction of sp³-hybridized carbons (Fsp3) is 0.412. The lowest BCUT2D eigenvalue weighted by Crippen LogP contribution is -2.33. The molecule has 0 amide bonds. The number of non-ortho nitro benzene ring substituents is 1. The summed E-state index contributed by atoms with van der Waals surface area (Å²) in [6.07, 6.45) is 0. The zero-order chi connectivity index (χ0) is 22.9. The van der Waals surface area contributed by atoms with Crippen LogP contribution in [0, 0.1) is 10.1 Å². The van der Waals surface area contributed by atoms with Crippen molar-refractivity contribution >= 4 is 45.5 Å². The number of benzene rings is 2. The molecule has 0 aliphatic rings. The largest absolute Gasteiger partial charge is 0.397 e. The minimum absolute atomic E-state index is 0.0478. The molecule has 0 bridgehead atoms. The van der Waals surface area contributed by atoms with Gasteiger partial charge in [0.05, 0.1) is 39.8 Å². The molecule has 0 aliphatic carbocycles. The smallest absolute Gasteiger partial charge is 0.355 e. The molecular weight excluding hydrogens is 435 g/mol. The van der Waals surface area contributed by atoms with E-state index in [0.29, 0.717) is 0 Å². The molecule has 0 radical (unpaired) electrons. The monoisotopic (exact) mass is 460 g/mol. The third kappa shape index (κ3) is 4.42. The highest BCUT2D eigenvalue weighted by molar-refractivity contribution is 7.89. The first-order chi connectivity index (χ1) is 13.8. The van der Waals surface area contributed by atoms with Crippen molar-refractivity contribution in [2.45, 2.75) is 37.9 Å². The third-order valence-electron chi connectivity index (χ3n) is 4.35. The van der Waals surface area contributed by atoms with Crippen molar-refractivity contribution in [1.29, 1.82) is 0 Å². The molecule has 11 nitrogen and oxygen atoms in total. The molecule has 30 heavy (non-hydrogen) atoms. The number of primary sulfonamides is 1. The lowest BCUT2D eigenvalue weighted by molar-refractivity contribution is -0.383. The Labute approximate surface area is 174 Å². The first kappa shape index (κ1) is 24.0. The zero-order valence-corrected chi connectivity index (χ0v) is 18.7. The molecule has 0 aliphatic heterocycles. The van der Waals surface area contributed by atoms with Gasteiger partial charge < -0.3 is 20.1 Å². The van der Waals surface area contributed by atoms with E-state index in [2.05, 4.69) is 5.32 Å². The Bertz CT molecular complexity index is 1120. The molecule has 0 saturated heterocycles. The van der Waals surface area contributed by atoms with Gasteiger partial charge in [-0.2, -0.15) is 0 Å². The molecule has 0 atom stereocenters. The van der Waals surface area contributed by atoms with Gasteiger partial charge in [-0.3, -0.25) is 14.7 Å². The number of hydrogen-bond acceptors (Lipinski definition) is 9. The summed E-state index contributed by atoms with van der Waals surface area (Å²) < 4.78 is 48.2. The summed E-state index contributed by atoms with van der Waals surface area (Å²) in [7, 11) is -7.99. The summed E-state index contributed by atoms with van der Waals surface area (Å²) in [6.45, 7) is 6.69. The number of nitrogens with one attached hydrogen (secondary N) is 1. The lowest BCUT2D eigenvalue weighted by Gasteiger charge is -2.35. The number of nitrogens with zero attached hydrogens (tertiary/aromatic N) is 1. The van der Waals surface area contributed by atoms with Gasteiger partial charge in [-0.25, -0.2) is 13.6 Å². The summed E-state index contributed by atoms with van der Waals surface area (Å²) in [5.41, 5.74) is 5.64. The molecule has 13 heteroatoms. The van der Waals surface area contributed by atoms with Gasteiger partial charge in [-0.05, 0) is 33.8 Å². The third-order valence-corrected chi connectivity index (χ3v) is 7.98. The average molecular weight is 460 g/mol. The number of nitro benzene ring substituents is 1. The fourth-order valence-corrected chi connectivity index (χ4v) is 5.46. The van der Waals surface area contributed by atoms with E-state index in [9.17, 15) is 23.1 Å². The Balaban J connectivity index is 2.83. The van der Waals surface area contributed by atoms with Gasteiger partial charge in [0.1, 0.15) is 5.28 Å². The second-order valence-electron chi connectivity index (χ2n) is 6.86. The minimum atomic E-state index is -4.28. The second-order valence-corrected chi connectivity index (χ2v) is 11.0. The van der Waals surface area contributed by atoms with Gasteiger partial charge in [0.15, 0.2) is 0 Å².